The Kier molecular flexibility index (Phi) is 2.74. The molecule has 6 heteroatoms. The molecule has 0 aliphatic carbocycles. The summed E-state index contributed by atoms with van der Waals surface area (Å²) in [7, 11) is 0. The monoisotopic (exact) mass is 294 g/mol. The Bertz CT molecular complexity index is 639. The first-order chi connectivity index (χ1) is 7.91. The summed E-state index contributed by atoms with van der Waals surface area (Å²) in [6, 6.07) is 1.63. The molecular weight excluding hydrogens is 284 g/mol. The highest BCUT2D eigenvalue weighted by molar-refractivity contribution is 9.10. The van der Waals surface area contributed by atoms with Crippen LogP contribution in [0.15, 0.2) is 10.5 Å². The molecule has 1 amide bonds. The van der Waals surface area contributed by atoms with E-state index in [1.54, 1.807) is 6.07 Å². The van der Waals surface area contributed by atoms with Gasteiger partial charge in [0.2, 0.25) is 0 Å². The number of halogens is 1. The van der Waals surface area contributed by atoms with Gasteiger partial charge in [-0.2, -0.15) is 0 Å². The van der Waals surface area contributed by atoms with Gasteiger partial charge in [-0.15, -0.1) is 0 Å². The van der Waals surface area contributed by atoms with Crippen LogP contribution in [0.1, 0.15) is 21.6 Å². The molecule has 2 heterocycles. The summed E-state index contributed by atoms with van der Waals surface area (Å²) in [5.41, 5.74) is 13.4. The maximum atomic E-state index is 11.2. The van der Waals surface area contributed by atoms with Crippen LogP contribution in [0.4, 0.5) is 5.82 Å². The molecular formula is C11H11BrN4O. The van der Waals surface area contributed by atoms with E-state index in [0.29, 0.717) is 5.65 Å². The van der Waals surface area contributed by atoms with Crippen molar-refractivity contribution in [2.45, 2.75) is 13.8 Å². The van der Waals surface area contributed by atoms with Crippen LogP contribution in [0, 0.1) is 13.8 Å². The number of aromatic nitrogens is 2. The van der Waals surface area contributed by atoms with E-state index in [0.717, 1.165) is 21.1 Å². The standard InChI is InChI=1S/C11H11BrN4O/c1-4-6-3-7(10(14)17)9(13)16-11(6)15-5(2)8(4)12/h3H,1-2H3,(H2,14,17)(H2,13,15,16). The van der Waals surface area contributed by atoms with Crippen molar-refractivity contribution >= 4 is 38.7 Å². The molecule has 2 aromatic heterocycles. The molecule has 2 aromatic rings. The number of fused-ring (bicyclic) bond motifs is 1. The Labute approximate surface area is 106 Å². The van der Waals surface area contributed by atoms with Crippen molar-refractivity contribution in [2.24, 2.45) is 5.73 Å². The second kappa shape index (κ2) is 3.96. The highest BCUT2D eigenvalue weighted by Gasteiger charge is 2.13. The number of rotatable bonds is 1. The Morgan fingerprint density at radius 1 is 1.35 bits per heavy atom. The van der Waals surface area contributed by atoms with Crippen LogP contribution in [0.3, 0.4) is 0 Å². The molecule has 17 heavy (non-hydrogen) atoms. The van der Waals surface area contributed by atoms with Gasteiger partial charge in [0.05, 0.1) is 11.3 Å². The van der Waals surface area contributed by atoms with E-state index in [1.807, 2.05) is 13.8 Å². The van der Waals surface area contributed by atoms with Gasteiger partial charge < -0.3 is 11.5 Å². The summed E-state index contributed by atoms with van der Waals surface area (Å²) in [4.78, 5) is 19.6. The highest BCUT2D eigenvalue weighted by Crippen LogP contribution is 2.27. The fourth-order valence-electron chi connectivity index (χ4n) is 1.67. The number of hydrogen-bond acceptors (Lipinski definition) is 4. The summed E-state index contributed by atoms with van der Waals surface area (Å²) in [6.07, 6.45) is 0. The smallest absolute Gasteiger partial charge is 0.252 e. The van der Waals surface area contributed by atoms with Crippen molar-refractivity contribution < 1.29 is 4.79 Å². The van der Waals surface area contributed by atoms with Crippen molar-refractivity contribution in [3.63, 3.8) is 0 Å². The maximum absolute atomic E-state index is 11.2. The van der Waals surface area contributed by atoms with Crippen molar-refractivity contribution in [1.29, 1.82) is 0 Å². The van der Waals surface area contributed by atoms with E-state index >= 15 is 0 Å². The maximum Gasteiger partial charge on any atom is 0.252 e. The van der Waals surface area contributed by atoms with Crippen LogP contribution in [0.5, 0.6) is 0 Å². The van der Waals surface area contributed by atoms with Crippen molar-refractivity contribution in [2.75, 3.05) is 5.73 Å². The summed E-state index contributed by atoms with van der Waals surface area (Å²) in [5, 5.41) is 0.769. The topological polar surface area (TPSA) is 94.9 Å². The largest absolute Gasteiger partial charge is 0.383 e. The van der Waals surface area contributed by atoms with Crippen LogP contribution in [0.25, 0.3) is 11.0 Å². The summed E-state index contributed by atoms with van der Waals surface area (Å²) in [5.74, 6) is -0.480. The molecule has 0 spiro atoms. The number of primary amides is 1. The average molecular weight is 295 g/mol. The van der Waals surface area contributed by atoms with Crippen LogP contribution >= 0.6 is 15.9 Å². The molecule has 2 rings (SSSR count). The fraction of sp³-hybridized carbons (Fsp3) is 0.182. The molecule has 0 aliphatic rings. The van der Waals surface area contributed by atoms with Crippen molar-refractivity contribution in [1.82, 2.24) is 9.97 Å². The molecule has 0 fully saturated rings. The van der Waals surface area contributed by atoms with Gasteiger partial charge in [-0.05, 0) is 41.4 Å². The molecule has 4 N–H and O–H groups in total. The molecule has 0 unspecified atom stereocenters. The average Bonchev–Trinajstić information content (AvgIpc) is 2.25. The third kappa shape index (κ3) is 1.84. The van der Waals surface area contributed by atoms with Gasteiger partial charge in [-0.25, -0.2) is 9.97 Å². The van der Waals surface area contributed by atoms with Crippen molar-refractivity contribution in [3.05, 3.63) is 27.4 Å². The highest BCUT2D eigenvalue weighted by atomic mass is 79.9. The van der Waals surface area contributed by atoms with Gasteiger partial charge >= 0.3 is 0 Å². The molecule has 0 aliphatic heterocycles. The lowest BCUT2D eigenvalue weighted by Crippen LogP contribution is -2.15. The van der Waals surface area contributed by atoms with Crippen LogP contribution < -0.4 is 11.5 Å². The van der Waals surface area contributed by atoms with Crippen LogP contribution in [-0.2, 0) is 0 Å². The minimum Gasteiger partial charge on any atom is -0.383 e. The van der Waals surface area contributed by atoms with E-state index in [4.69, 9.17) is 11.5 Å². The third-order valence-electron chi connectivity index (χ3n) is 2.62. The van der Waals surface area contributed by atoms with Crippen LogP contribution in [0.2, 0.25) is 0 Å². The first kappa shape index (κ1) is 11.8. The normalized spacial score (nSPS) is 10.8. The zero-order chi connectivity index (χ0) is 12.7. The number of pyridine rings is 2. The van der Waals surface area contributed by atoms with Gasteiger partial charge in [0.25, 0.3) is 5.91 Å². The number of hydrogen-bond donors (Lipinski definition) is 2. The Balaban J connectivity index is 2.89. The van der Waals surface area contributed by atoms with Crippen molar-refractivity contribution in [3.8, 4) is 0 Å². The second-order valence-electron chi connectivity index (χ2n) is 3.79. The zero-order valence-electron chi connectivity index (χ0n) is 9.41. The molecule has 5 nitrogen and oxygen atoms in total. The predicted octanol–water partition coefficient (Wildman–Crippen LogP) is 1.69. The predicted molar refractivity (Wildman–Crippen MR) is 69.6 cm³/mol. The molecule has 0 radical (unpaired) electrons. The molecule has 0 atom stereocenters. The number of anilines is 1. The summed E-state index contributed by atoms with van der Waals surface area (Å²) >= 11 is 3.44. The lowest BCUT2D eigenvalue weighted by atomic mass is 10.1. The number of nitrogen functional groups attached to an aromatic ring is 1. The quantitative estimate of drug-likeness (QED) is 0.837. The van der Waals surface area contributed by atoms with Gasteiger partial charge in [0, 0.05) is 9.86 Å². The number of amides is 1. The zero-order valence-corrected chi connectivity index (χ0v) is 11.0. The SMILES string of the molecule is Cc1nc2nc(N)c(C(N)=O)cc2c(C)c1Br. The van der Waals surface area contributed by atoms with E-state index in [-0.39, 0.29) is 11.4 Å². The van der Waals surface area contributed by atoms with Crippen LogP contribution in [-0.4, -0.2) is 15.9 Å². The number of carbonyl (C=O) groups is 1. The Morgan fingerprint density at radius 2 is 2.00 bits per heavy atom. The third-order valence-corrected chi connectivity index (χ3v) is 3.79. The minimum atomic E-state index is -0.590. The fourth-order valence-corrected chi connectivity index (χ4v) is 1.98. The first-order valence-electron chi connectivity index (χ1n) is 4.94. The number of carbonyl (C=O) groups excluding carboxylic acids is 1. The van der Waals surface area contributed by atoms with E-state index in [1.165, 1.54) is 0 Å². The lowest BCUT2D eigenvalue weighted by Gasteiger charge is -2.09. The number of aryl methyl sites for hydroxylation is 2. The molecule has 88 valence electrons. The lowest BCUT2D eigenvalue weighted by molar-refractivity contribution is 0.100. The van der Waals surface area contributed by atoms with Gasteiger partial charge in [-0.3, -0.25) is 4.79 Å². The summed E-state index contributed by atoms with van der Waals surface area (Å²) in [6.45, 7) is 3.79. The van der Waals surface area contributed by atoms with Gasteiger partial charge in [-0.1, -0.05) is 0 Å². The molecule has 0 bridgehead atoms. The number of nitrogens with zero attached hydrogens (tertiary/aromatic N) is 2. The van der Waals surface area contributed by atoms with E-state index < -0.39 is 5.91 Å². The van der Waals surface area contributed by atoms with Gasteiger partial charge in [0.1, 0.15) is 5.82 Å². The first-order valence-corrected chi connectivity index (χ1v) is 5.74. The van der Waals surface area contributed by atoms with E-state index in [2.05, 4.69) is 25.9 Å². The summed E-state index contributed by atoms with van der Waals surface area (Å²) < 4.78 is 0.895. The molecule has 0 aromatic carbocycles. The Hall–Kier alpha value is -1.69. The molecule has 0 saturated carbocycles. The Morgan fingerprint density at radius 3 is 2.59 bits per heavy atom. The second-order valence-corrected chi connectivity index (χ2v) is 4.59. The number of nitrogens with two attached hydrogens (primary N) is 2. The minimum absolute atomic E-state index is 0.110. The van der Waals surface area contributed by atoms with E-state index in [9.17, 15) is 4.79 Å². The molecule has 0 saturated heterocycles. The van der Waals surface area contributed by atoms with Gasteiger partial charge in [0.15, 0.2) is 5.65 Å².